The van der Waals surface area contributed by atoms with Crippen LogP contribution in [-0.4, -0.2) is 69.6 Å². The minimum Gasteiger partial charge on any atom is -0.491 e. The largest absolute Gasteiger partial charge is 0.491 e. The SMILES string of the molecule is CC(C)(C)OC(=O)N(C[C@H](O)COc1ccccc1)[C@H](CO)Cc1ccc(NC(=O)c2cccc3cccnc23)cc1. The fourth-order valence-corrected chi connectivity index (χ4v) is 4.44. The number of aromatic nitrogens is 1. The number of carbonyl (C=O) groups is 2. The van der Waals surface area contributed by atoms with E-state index in [9.17, 15) is 19.8 Å². The normalized spacial score (nSPS) is 12.8. The molecule has 0 bridgehead atoms. The van der Waals surface area contributed by atoms with E-state index in [2.05, 4.69) is 10.3 Å². The summed E-state index contributed by atoms with van der Waals surface area (Å²) in [6, 6.07) is 24.8. The van der Waals surface area contributed by atoms with Crippen LogP contribution in [-0.2, 0) is 11.2 Å². The van der Waals surface area contributed by atoms with Crippen LogP contribution >= 0.6 is 0 Å². The number of nitrogens with zero attached hydrogens (tertiary/aromatic N) is 2. The quantitative estimate of drug-likeness (QED) is 0.230. The first-order chi connectivity index (χ1) is 20.1. The molecule has 42 heavy (non-hydrogen) atoms. The Hall–Kier alpha value is -4.47. The summed E-state index contributed by atoms with van der Waals surface area (Å²) in [5.41, 5.74) is 1.75. The number of fused-ring (bicyclic) bond motifs is 1. The van der Waals surface area contributed by atoms with Crippen molar-refractivity contribution in [3.8, 4) is 5.75 Å². The number of ether oxygens (including phenoxy) is 2. The van der Waals surface area contributed by atoms with Crippen LogP contribution in [0.5, 0.6) is 5.75 Å². The molecule has 2 atom stereocenters. The number of rotatable bonds is 11. The first-order valence-electron chi connectivity index (χ1n) is 13.8. The number of pyridine rings is 1. The van der Waals surface area contributed by atoms with Crippen molar-refractivity contribution in [2.24, 2.45) is 0 Å². The number of nitrogens with one attached hydrogen (secondary N) is 1. The average Bonchev–Trinajstić information content (AvgIpc) is 2.98. The minimum absolute atomic E-state index is 0.0396. The number of aliphatic hydroxyl groups excluding tert-OH is 2. The summed E-state index contributed by atoms with van der Waals surface area (Å²) >= 11 is 0. The van der Waals surface area contributed by atoms with Crippen molar-refractivity contribution < 1.29 is 29.3 Å². The van der Waals surface area contributed by atoms with Crippen molar-refractivity contribution >= 4 is 28.6 Å². The molecule has 2 amide bonds. The van der Waals surface area contributed by atoms with Crippen molar-refractivity contribution in [1.29, 1.82) is 0 Å². The summed E-state index contributed by atoms with van der Waals surface area (Å²) in [5.74, 6) is 0.325. The Bertz CT molecular complexity index is 1470. The van der Waals surface area contributed by atoms with E-state index in [1.165, 1.54) is 4.90 Å². The number of hydrogen-bond acceptors (Lipinski definition) is 7. The van der Waals surface area contributed by atoms with E-state index in [1.54, 1.807) is 57.3 Å². The molecular weight excluding hydrogens is 534 g/mol. The first-order valence-corrected chi connectivity index (χ1v) is 13.8. The Balaban J connectivity index is 1.43. The maximum absolute atomic E-state index is 13.2. The summed E-state index contributed by atoms with van der Waals surface area (Å²) in [7, 11) is 0. The van der Waals surface area contributed by atoms with Gasteiger partial charge < -0.3 is 25.0 Å². The van der Waals surface area contributed by atoms with Crippen molar-refractivity contribution in [1.82, 2.24) is 9.88 Å². The summed E-state index contributed by atoms with van der Waals surface area (Å²) < 4.78 is 11.2. The molecule has 3 aromatic carbocycles. The predicted molar refractivity (Wildman–Crippen MR) is 162 cm³/mol. The highest BCUT2D eigenvalue weighted by atomic mass is 16.6. The van der Waals surface area contributed by atoms with E-state index < -0.39 is 23.8 Å². The van der Waals surface area contributed by atoms with Crippen LogP contribution in [0, 0.1) is 0 Å². The molecule has 0 saturated heterocycles. The van der Waals surface area contributed by atoms with E-state index >= 15 is 0 Å². The molecule has 0 aliphatic carbocycles. The van der Waals surface area contributed by atoms with E-state index in [0.29, 0.717) is 28.9 Å². The zero-order valence-corrected chi connectivity index (χ0v) is 24.1. The third-order valence-electron chi connectivity index (χ3n) is 6.43. The van der Waals surface area contributed by atoms with Crippen LogP contribution in [0.15, 0.2) is 91.1 Å². The van der Waals surface area contributed by atoms with Gasteiger partial charge >= 0.3 is 6.09 Å². The lowest BCUT2D eigenvalue weighted by atomic mass is 10.0. The molecule has 3 N–H and O–H groups in total. The van der Waals surface area contributed by atoms with Crippen molar-refractivity contribution in [2.45, 2.75) is 44.9 Å². The molecule has 0 aliphatic heterocycles. The molecule has 0 radical (unpaired) electrons. The van der Waals surface area contributed by atoms with Gasteiger partial charge in [-0.3, -0.25) is 14.7 Å². The van der Waals surface area contributed by atoms with E-state index in [1.807, 2.05) is 54.6 Å². The monoisotopic (exact) mass is 571 g/mol. The fourth-order valence-electron chi connectivity index (χ4n) is 4.44. The molecule has 0 spiro atoms. The molecule has 9 heteroatoms. The van der Waals surface area contributed by atoms with Crippen molar-refractivity contribution in [3.05, 3.63) is 102 Å². The van der Waals surface area contributed by atoms with Crippen LogP contribution < -0.4 is 10.1 Å². The maximum Gasteiger partial charge on any atom is 0.410 e. The zero-order chi connectivity index (χ0) is 30.1. The fraction of sp³-hybridized carbons (Fsp3) is 0.303. The van der Waals surface area contributed by atoms with Gasteiger partial charge in [-0.2, -0.15) is 0 Å². The number of para-hydroxylation sites is 2. The highest BCUT2D eigenvalue weighted by Crippen LogP contribution is 2.20. The van der Waals surface area contributed by atoms with Crippen LogP contribution in [0.2, 0.25) is 0 Å². The van der Waals surface area contributed by atoms with Gasteiger partial charge in [0.2, 0.25) is 0 Å². The Morgan fingerprint density at radius 2 is 1.67 bits per heavy atom. The lowest BCUT2D eigenvalue weighted by Crippen LogP contribution is -2.50. The van der Waals surface area contributed by atoms with Gasteiger partial charge in [0.1, 0.15) is 24.1 Å². The average molecular weight is 572 g/mol. The Morgan fingerprint density at radius 1 is 0.952 bits per heavy atom. The van der Waals surface area contributed by atoms with E-state index in [-0.39, 0.29) is 25.7 Å². The first kappa shape index (κ1) is 30.5. The molecule has 0 saturated carbocycles. The standard InChI is InChI=1S/C33H37N3O6/c1-33(2,3)42-32(40)36(20-27(38)22-41-28-11-5-4-6-12-28)26(21-37)19-23-14-16-25(17-15-23)35-31(39)29-13-7-9-24-10-8-18-34-30(24)29/h4-18,26-27,37-38H,19-22H2,1-3H3,(H,35,39)/t26-,27-/m0/s1. The molecular formula is C33H37N3O6. The summed E-state index contributed by atoms with van der Waals surface area (Å²) in [5, 5.41) is 24.8. The van der Waals surface area contributed by atoms with Gasteiger partial charge in [-0.1, -0.05) is 48.5 Å². The second kappa shape index (κ2) is 13.9. The molecule has 0 fully saturated rings. The molecule has 1 heterocycles. The van der Waals surface area contributed by atoms with Crippen LogP contribution in [0.3, 0.4) is 0 Å². The van der Waals surface area contributed by atoms with Gasteiger partial charge in [0, 0.05) is 17.3 Å². The number of anilines is 1. The maximum atomic E-state index is 13.2. The number of benzene rings is 3. The van der Waals surface area contributed by atoms with Gasteiger partial charge in [-0.05, 0) is 69.2 Å². The second-order valence-corrected chi connectivity index (χ2v) is 11.0. The van der Waals surface area contributed by atoms with Gasteiger partial charge in [-0.25, -0.2) is 4.79 Å². The van der Waals surface area contributed by atoms with Gasteiger partial charge in [0.15, 0.2) is 0 Å². The van der Waals surface area contributed by atoms with E-state index in [0.717, 1.165) is 10.9 Å². The molecule has 1 aromatic heterocycles. The van der Waals surface area contributed by atoms with Crippen molar-refractivity contribution in [2.75, 3.05) is 25.1 Å². The second-order valence-electron chi connectivity index (χ2n) is 11.0. The lowest BCUT2D eigenvalue weighted by molar-refractivity contribution is -0.00891. The summed E-state index contributed by atoms with van der Waals surface area (Å²) in [6.07, 6.45) is 0.283. The molecule has 0 aliphatic rings. The summed E-state index contributed by atoms with van der Waals surface area (Å²) in [6.45, 7) is 4.79. The number of hydrogen-bond donors (Lipinski definition) is 3. The van der Waals surface area contributed by atoms with Gasteiger partial charge in [-0.15, -0.1) is 0 Å². The Labute approximate surface area is 245 Å². The van der Waals surface area contributed by atoms with Gasteiger partial charge in [0.25, 0.3) is 5.91 Å². The van der Waals surface area contributed by atoms with Crippen LogP contribution in [0.1, 0.15) is 36.7 Å². The molecule has 0 unspecified atom stereocenters. The molecule has 4 aromatic rings. The predicted octanol–water partition coefficient (Wildman–Crippen LogP) is 5.07. The van der Waals surface area contributed by atoms with E-state index in [4.69, 9.17) is 9.47 Å². The topological polar surface area (TPSA) is 121 Å². The van der Waals surface area contributed by atoms with Crippen LogP contribution in [0.4, 0.5) is 10.5 Å². The highest BCUT2D eigenvalue weighted by Gasteiger charge is 2.30. The van der Waals surface area contributed by atoms with Crippen LogP contribution in [0.25, 0.3) is 10.9 Å². The Kier molecular flexibility index (Phi) is 10.1. The van der Waals surface area contributed by atoms with Crippen molar-refractivity contribution in [3.63, 3.8) is 0 Å². The highest BCUT2D eigenvalue weighted by molar-refractivity contribution is 6.11. The molecule has 9 nitrogen and oxygen atoms in total. The third-order valence-corrected chi connectivity index (χ3v) is 6.43. The molecule has 220 valence electrons. The zero-order valence-electron chi connectivity index (χ0n) is 24.1. The third kappa shape index (κ3) is 8.52. The Morgan fingerprint density at radius 3 is 2.36 bits per heavy atom. The number of carbonyl (C=O) groups excluding carboxylic acids is 2. The lowest BCUT2D eigenvalue weighted by Gasteiger charge is -2.34. The number of amides is 2. The number of aliphatic hydroxyl groups is 2. The summed E-state index contributed by atoms with van der Waals surface area (Å²) in [4.78, 5) is 31.8. The molecule has 4 rings (SSSR count). The minimum atomic E-state index is -1.02. The van der Waals surface area contributed by atoms with Gasteiger partial charge in [0.05, 0.1) is 30.3 Å². The smallest absolute Gasteiger partial charge is 0.410 e.